The third-order valence-electron chi connectivity index (χ3n) is 2.18. The molecule has 12 heavy (non-hydrogen) atoms. The number of nitriles is 1. The summed E-state index contributed by atoms with van der Waals surface area (Å²) >= 11 is 0. The van der Waals surface area contributed by atoms with E-state index in [-0.39, 0.29) is 0 Å². The van der Waals surface area contributed by atoms with Crippen LogP contribution in [0, 0.1) is 11.3 Å². The lowest BCUT2D eigenvalue weighted by atomic mass is 10.2. The van der Waals surface area contributed by atoms with Gasteiger partial charge in [-0.15, -0.1) is 0 Å². The highest BCUT2D eigenvalue weighted by atomic mass is 15.3. The molecule has 0 fully saturated rings. The zero-order chi connectivity index (χ0) is 8.72. The number of fused-ring (bicyclic) bond motifs is 1. The molecule has 2 rings (SSSR count). The minimum atomic E-state index is 0.703. The van der Waals surface area contributed by atoms with Crippen LogP contribution in [0.5, 0.6) is 0 Å². The quantitative estimate of drug-likeness (QED) is 0.548. The molecule has 0 aliphatic carbocycles. The Hall–Kier alpha value is -1.34. The van der Waals surface area contributed by atoms with Gasteiger partial charge < -0.3 is 0 Å². The topological polar surface area (TPSA) is 44.9 Å². The Morgan fingerprint density at radius 2 is 2.17 bits per heavy atom. The van der Waals surface area contributed by atoms with Crippen molar-refractivity contribution in [2.24, 2.45) is 7.05 Å². The van der Waals surface area contributed by atoms with Crippen molar-refractivity contribution in [2.75, 3.05) is 7.05 Å². The van der Waals surface area contributed by atoms with Crippen molar-refractivity contribution >= 4 is 0 Å². The number of hydrogen-bond acceptors (Lipinski definition) is 3. The van der Waals surface area contributed by atoms with Gasteiger partial charge in [0.1, 0.15) is 11.8 Å². The monoisotopic (exact) mass is 162 g/mol. The molecule has 0 N–H and O–H groups in total. The largest absolute Gasteiger partial charge is 0.296 e. The molecule has 0 atom stereocenters. The normalized spacial score (nSPS) is 16.1. The molecule has 0 bridgehead atoms. The van der Waals surface area contributed by atoms with Crippen LogP contribution in [0.25, 0.3) is 0 Å². The summed E-state index contributed by atoms with van der Waals surface area (Å²) in [6.45, 7) is 1.72. The van der Waals surface area contributed by atoms with E-state index < -0.39 is 0 Å². The van der Waals surface area contributed by atoms with Crippen LogP contribution in [0.4, 0.5) is 0 Å². The Labute approximate surface area is 71.0 Å². The molecule has 1 aromatic heterocycles. The summed E-state index contributed by atoms with van der Waals surface area (Å²) < 4.78 is 1.66. The van der Waals surface area contributed by atoms with Gasteiger partial charge in [0.15, 0.2) is 0 Å². The Balaban J connectivity index is 2.53. The van der Waals surface area contributed by atoms with E-state index in [9.17, 15) is 0 Å². The maximum Gasteiger partial charge on any atom is 0.143 e. The first-order valence-electron chi connectivity index (χ1n) is 3.85. The highest BCUT2D eigenvalue weighted by Gasteiger charge is 2.23. The van der Waals surface area contributed by atoms with Gasteiger partial charge in [0, 0.05) is 25.7 Å². The molecule has 0 aromatic carbocycles. The van der Waals surface area contributed by atoms with Gasteiger partial charge in [-0.3, -0.25) is 9.58 Å². The highest BCUT2D eigenvalue weighted by Crippen LogP contribution is 2.22. The van der Waals surface area contributed by atoms with Crippen molar-refractivity contribution in [3.63, 3.8) is 0 Å². The fourth-order valence-electron chi connectivity index (χ4n) is 1.64. The van der Waals surface area contributed by atoms with Gasteiger partial charge in [-0.1, -0.05) is 0 Å². The van der Waals surface area contributed by atoms with Crippen molar-refractivity contribution < 1.29 is 0 Å². The lowest BCUT2D eigenvalue weighted by molar-refractivity contribution is 0.346. The first kappa shape index (κ1) is 7.32. The van der Waals surface area contributed by atoms with Crippen LogP contribution < -0.4 is 0 Å². The predicted molar refractivity (Wildman–Crippen MR) is 43.1 cm³/mol. The molecule has 0 saturated heterocycles. The number of rotatable bonds is 0. The second kappa shape index (κ2) is 2.32. The van der Waals surface area contributed by atoms with Gasteiger partial charge in [-0.05, 0) is 7.05 Å². The molecule has 2 heterocycles. The van der Waals surface area contributed by atoms with Crippen LogP contribution >= 0.6 is 0 Å². The fourth-order valence-corrected chi connectivity index (χ4v) is 1.64. The molecule has 4 heteroatoms. The Bertz CT molecular complexity index is 358. The van der Waals surface area contributed by atoms with E-state index in [4.69, 9.17) is 5.26 Å². The van der Waals surface area contributed by atoms with Crippen molar-refractivity contribution in [1.29, 1.82) is 5.26 Å². The molecule has 4 nitrogen and oxygen atoms in total. The van der Waals surface area contributed by atoms with Crippen molar-refractivity contribution in [3.05, 3.63) is 17.0 Å². The third kappa shape index (κ3) is 0.836. The van der Waals surface area contributed by atoms with E-state index in [0.29, 0.717) is 5.69 Å². The lowest BCUT2D eigenvalue weighted by Crippen LogP contribution is -2.11. The Morgan fingerprint density at radius 3 is 2.83 bits per heavy atom. The van der Waals surface area contributed by atoms with E-state index >= 15 is 0 Å². The molecule has 62 valence electrons. The van der Waals surface area contributed by atoms with Crippen molar-refractivity contribution in [2.45, 2.75) is 13.1 Å². The van der Waals surface area contributed by atoms with E-state index in [0.717, 1.165) is 24.3 Å². The number of aryl methyl sites for hydroxylation is 1. The highest BCUT2D eigenvalue weighted by molar-refractivity contribution is 5.37. The van der Waals surface area contributed by atoms with Crippen molar-refractivity contribution in [3.8, 4) is 6.07 Å². The minimum Gasteiger partial charge on any atom is -0.296 e. The average Bonchev–Trinajstić information content (AvgIpc) is 2.43. The molecule has 0 saturated carbocycles. The van der Waals surface area contributed by atoms with Crippen LogP contribution in [-0.4, -0.2) is 21.7 Å². The molecule has 0 amide bonds. The minimum absolute atomic E-state index is 0.703. The predicted octanol–water partition coefficient (Wildman–Crippen LogP) is 0.237. The average molecular weight is 162 g/mol. The third-order valence-corrected chi connectivity index (χ3v) is 2.18. The summed E-state index contributed by atoms with van der Waals surface area (Å²) in [4.78, 5) is 2.15. The fraction of sp³-hybridized carbons (Fsp3) is 0.500. The van der Waals surface area contributed by atoms with E-state index in [1.165, 1.54) is 0 Å². The van der Waals surface area contributed by atoms with Crippen LogP contribution in [0.1, 0.15) is 17.0 Å². The zero-order valence-electron chi connectivity index (χ0n) is 7.20. The summed E-state index contributed by atoms with van der Waals surface area (Å²) in [7, 11) is 3.85. The number of hydrogen-bond donors (Lipinski definition) is 0. The van der Waals surface area contributed by atoms with Gasteiger partial charge in [0.25, 0.3) is 0 Å². The molecule has 0 radical (unpaired) electrons. The van der Waals surface area contributed by atoms with Crippen LogP contribution in [-0.2, 0) is 20.1 Å². The van der Waals surface area contributed by atoms with Crippen LogP contribution in [0.15, 0.2) is 0 Å². The Kier molecular flexibility index (Phi) is 1.42. The van der Waals surface area contributed by atoms with Crippen molar-refractivity contribution in [1.82, 2.24) is 14.7 Å². The van der Waals surface area contributed by atoms with Gasteiger partial charge in [0.2, 0.25) is 0 Å². The van der Waals surface area contributed by atoms with E-state index in [1.54, 1.807) is 4.68 Å². The number of aromatic nitrogens is 2. The Morgan fingerprint density at radius 1 is 1.42 bits per heavy atom. The van der Waals surface area contributed by atoms with Crippen LogP contribution in [0.2, 0.25) is 0 Å². The lowest BCUT2D eigenvalue weighted by Gasteiger charge is -2.05. The second-order valence-electron chi connectivity index (χ2n) is 3.18. The maximum absolute atomic E-state index is 8.83. The van der Waals surface area contributed by atoms with E-state index in [2.05, 4.69) is 16.1 Å². The molecule has 1 aliphatic heterocycles. The number of nitrogens with zero attached hydrogens (tertiary/aromatic N) is 4. The molecule has 0 spiro atoms. The van der Waals surface area contributed by atoms with Gasteiger partial charge in [-0.2, -0.15) is 10.4 Å². The molecule has 0 unspecified atom stereocenters. The van der Waals surface area contributed by atoms with E-state index in [1.807, 2.05) is 14.1 Å². The van der Waals surface area contributed by atoms with Crippen LogP contribution in [0.3, 0.4) is 0 Å². The standard InChI is InChI=1S/C8H10N4/c1-11-4-6-7(5-11)10-12(2)8(6)3-9/h4-5H2,1-2H3. The van der Waals surface area contributed by atoms with Gasteiger partial charge in [-0.25, -0.2) is 0 Å². The molecule has 1 aromatic rings. The SMILES string of the molecule is CN1Cc2nn(C)c(C#N)c2C1. The maximum atomic E-state index is 8.83. The molecular formula is C8H10N4. The van der Waals surface area contributed by atoms with Gasteiger partial charge in [0.05, 0.1) is 5.69 Å². The first-order chi connectivity index (χ1) is 5.72. The summed E-state index contributed by atoms with van der Waals surface area (Å²) in [5.41, 5.74) is 2.86. The first-order valence-corrected chi connectivity index (χ1v) is 3.85. The summed E-state index contributed by atoms with van der Waals surface area (Å²) in [5.74, 6) is 0. The summed E-state index contributed by atoms with van der Waals surface area (Å²) in [5, 5.41) is 13.1. The molecule has 1 aliphatic rings. The smallest absolute Gasteiger partial charge is 0.143 e. The second-order valence-corrected chi connectivity index (χ2v) is 3.18. The summed E-state index contributed by atoms with van der Waals surface area (Å²) in [6, 6.07) is 2.17. The van der Waals surface area contributed by atoms with Gasteiger partial charge >= 0.3 is 0 Å². The summed E-state index contributed by atoms with van der Waals surface area (Å²) in [6.07, 6.45) is 0. The zero-order valence-corrected chi connectivity index (χ0v) is 7.20. The molecular weight excluding hydrogens is 152 g/mol.